The molecule has 0 bridgehead atoms. The highest BCUT2D eigenvalue weighted by Crippen LogP contribution is 2.15. The smallest absolute Gasteiger partial charge is 0.303 e. The fraction of sp³-hybridized carbons (Fsp3) is 0.429. The maximum Gasteiger partial charge on any atom is 0.303 e. The van der Waals surface area contributed by atoms with E-state index in [0.717, 1.165) is 5.69 Å². The summed E-state index contributed by atoms with van der Waals surface area (Å²) in [5.41, 5.74) is 6.53. The van der Waals surface area contributed by atoms with Crippen molar-refractivity contribution in [1.82, 2.24) is 0 Å². The quantitative estimate of drug-likeness (QED) is 0.784. The fourth-order valence-electron chi connectivity index (χ4n) is 1.74. The van der Waals surface area contributed by atoms with Crippen molar-refractivity contribution in [3.8, 4) is 0 Å². The van der Waals surface area contributed by atoms with Gasteiger partial charge in [0.1, 0.15) is 0 Å². The third kappa shape index (κ3) is 4.71. The lowest BCUT2D eigenvalue weighted by Crippen LogP contribution is -2.44. The lowest BCUT2D eigenvalue weighted by atomic mass is 10.1. The summed E-state index contributed by atoms with van der Waals surface area (Å²) < 4.78 is 0. The molecular formula is C14H20N2O3. The van der Waals surface area contributed by atoms with Crippen molar-refractivity contribution in [2.75, 3.05) is 11.4 Å². The van der Waals surface area contributed by atoms with Gasteiger partial charge in [-0.05, 0) is 25.0 Å². The van der Waals surface area contributed by atoms with Gasteiger partial charge < -0.3 is 15.7 Å². The summed E-state index contributed by atoms with van der Waals surface area (Å²) in [5.74, 6) is -1.03. The van der Waals surface area contributed by atoms with Crippen LogP contribution in [-0.4, -0.2) is 29.6 Å². The van der Waals surface area contributed by atoms with Crippen LogP contribution >= 0.6 is 0 Å². The number of para-hydroxylation sites is 1. The number of hydrogen-bond acceptors (Lipinski definition) is 3. The van der Waals surface area contributed by atoms with Gasteiger partial charge >= 0.3 is 5.97 Å². The number of carboxylic acids is 1. The molecule has 0 aliphatic rings. The number of nitrogens with two attached hydrogens (primary N) is 1. The number of anilines is 1. The summed E-state index contributed by atoms with van der Waals surface area (Å²) in [6.45, 7) is 2.21. The van der Waals surface area contributed by atoms with Crippen molar-refractivity contribution in [1.29, 1.82) is 0 Å². The molecule has 1 aromatic carbocycles. The summed E-state index contributed by atoms with van der Waals surface area (Å²) >= 11 is 0. The number of aliphatic carboxylic acids is 1. The molecule has 0 aliphatic heterocycles. The topological polar surface area (TPSA) is 83.6 Å². The molecule has 3 N–H and O–H groups in total. The number of amides is 1. The average Bonchev–Trinajstić information content (AvgIpc) is 2.42. The molecular weight excluding hydrogens is 244 g/mol. The molecule has 1 unspecified atom stereocenters. The van der Waals surface area contributed by atoms with Crippen LogP contribution in [0.4, 0.5) is 5.69 Å². The van der Waals surface area contributed by atoms with E-state index in [-0.39, 0.29) is 12.3 Å². The first-order valence-corrected chi connectivity index (χ1v) is 6.40. The molecule has 19 heavy (non-hydrogen) atoms. The summed E-state index contributed by atoms with van der Waals surface area (Å²) in [5, 5.41) is 8.66. The molecule has 0 fully saturated rings. The molecule has 0 heterocycles. The minimum atomic E-state index is -0.861. The maximum atomic E-state index is 12.2. The minimum absolute atomic E-state index is 0.0397. The second-order valence-electron chi connectivity index (χ2n) is 4.34. The van der Waals surface area contributed by atoms with Gasteiger partial charge in [0.25, 0.3) is 0 Å². The number of hydrogen-bond donors (Lipinski definition) is 2. The first-order valence-electron chi connectivity index (χ1n) is 6.40. The molecule has 0 spiro atoms. The van der Waals surface area contributed by atoms with Crippen LogP contribution in [0.3, 0.4) is 0 Å². The second-order valence-corrected chi connectivity index (χ2v) is 4.34. The lowest BCUT2D eigenvalue weighted by molar-refractivity contribution is -0.137. The third-order valence-electron chi connectivity index (χ3n) is 2.86. The van der Waals surface area contributed by atoms with E-state index in [1.807, 2.05) is 37.3 Å². The van der Waals surface area contributed by atoms with Crippen molar-refractivity contribution in [2.24, 2.45) is 5.73 Å². The van der Waals surface area contributed by atoms with Gasteiger partial charge in [-0.3, -0.25) is 9.59 Å². The van der Waals surface area contributed by atoms with Gasteiger partial charge in [0.15, 0.2) is 0 Å². The zero-order chi connectivity index (χ0) is 14.3. The zero-order valence-corrected chi connectivity index (χ0v) is 11.1. The van der Waals surface area contributed by atoms with Crippen LogP contribution in [0.2, 0.25) is 0 Å². The van der Waals surface area contributed by atoms with Crippen LogP contribution in [0.5, 0.6) is 0 Å². The van der Waals surface area contributed by atoms with Crippen molar-refractivity contribution < 1.29 is 14.7 Å². The largest absolute Gasteiger partial charge is 0.481 e. The van der Waals surface area contributed by atoms with Crippen LogP contribution in [0, 0.1) is 0 Å². The lowest BCUT2D eigenvalue weighted by Gasteiger charge is -2.25. The van der Waals surface area contributed by atoms with Gasteiger partial charge in [-0.25, -0.2) is 0 Å². The van der Waals surface area contributed by atoms with E-state index in [9.17, 15) is 9.59 Å². The van der Waals surface area contributed by atoms with Crippen LogP contribution in [0.15, 0.2) is 30.3 Å². The summed E-state index contributed by atoms with van der Waals surface area (Å²) in [4.78, 5) is 24.3. The van der Waals surface area contributed by atoms with E-state index in [1.165, 1.54) is 0 Å². The summed E-state index contributed by atoms with van der Waals surface area (Å²) in [7, 11) is 0. The van der Waals surface area contributed by atoms with Crippen molar-refractivity contribution >= 4 is 17.6 Å². The number of nitrogens with zero attached hydrogens (tertiary/aromatic N) is 1. The number of benzene rings is 1. The first-order chi connectivity index (χ1) is 9.06. The summed E-state index contributed by atoms with van der Waals surface area (Å²) in [6.07, 6.45) is 1.01. The SMILES string of the molecule is CCC(N)C(=O)N(CCCC(=O)O)c1ccccc1. The van der Waals surface area contributed by atoms with Gasteiger partial charge in [-0.15, -0.1) is 0 Å². The number of carbonyl (C=O) groups is 2. The van der Waals surface area contributed by atoms with Gasteiger partial charge in [-0.2, -0.15) is 0 Å². The molecule has 1 atom stereocenters. The minimum Gasteiger partial charge on any atom is -0.481 e. The first kappa shape index (κ1) is 15.2. The third-order valence-corrected chi connectivity index (χ3v) is 2.86. The van der Waals surface area contributed by atoms with Crippen molar-refractivity contribution in [3.63, 3.8) is 0 Å². The van der Waals surface area contributed by atoms with Gasteiger partial charge in [0.2, 0.25) is 5.91 Å². The van der Waals surface area contributed by atoms with Crippen LogP contribution in [-0.2, 0) is 9.59 Å². The van der Waals surface area contributed by atoms with E-state index < -0.39 is 12.0 Å². The molecule has 5 nitrogen and oxygen atoms in total. The Morgan fingerprint density at radius 2 is 1.95 bits per heavy atom. The Bertz CT molecular complexity index is 420. The molecule has 0 saturated carbocycles. The molecule has 5 heteroatoms. The summed E-state index contributed by atoms with van der Waals surface area (Å²) in [6, 6.07) is 8.63. The number of carbonyl (C=O) groups excluding carboxylic acids is 1. The van der Waals surface area contributed by atoms with Gasteiger partial charge in [0, 0.05) is 18.7 Å². The highest BCUT2D eigenvalue weighted by atomic mass is 16.4. The van der Waals surface area contributed by atoms with E-state index in [2.05, 4.69) is 0 Å². The Labute approximate surface area is 113 Å². The van der Waals surface area contributed by atoms with E-state index in [1.54, 1.807) is 4.90 Å². The Hall–Kier alpha value is -1.88. The molecule has 0 radical (unpaired) electrons. The van der Waals surface area contributed by atoms with Gasteiger partial charge in [-0.1, -0.05) is 25.1 Å². The highest BCUT2D eigenvalue weighted by Gasteiger charge is 2.20. The zero-order valence-electron chi connectivity index (χ0n) is 11.1. The Kier molecular flexibility index (Phi) is 6.02. The normalized spacial score (nSPS) is 11.9. The number of carboxylic acid groups (broad SMARTS) is 1. The van der Waals surface area contributed by atoms with Crippen molar-refractivity contribution in [3.05, 3.63) is 30.3 Å². The Morgan fingerprint density at radius 1 is 1.32 bits per heavy atom. The Balaban J connectivity index is 2.79. The molecule has 104 valence electrons. The molecule has 1 aromatic rings. The molecule has 1 amide bonds. The number of rotatable bonds is 7. The standard InChI is InChI=1S/C14H20N2O3/c1-2-12(15)14(19)16(10-6-9-13(17)18)11-7-4-3-5-8-11/h3-5,7-8,12H,2,6,9-10,15H2,1H3,(H,17,18). The van der Waals surface area contributed by atoms with Crippen LogP contribution in [0.25, 0.3) is 0 Å². The predicted molar refractivity (Wildman–Crippen MR) is 73.9 cm³/mol. The maximum absolute atomic E-state index is 12.2. The Morgan fingerprint density at radius 3 is 2.47 bits per heavy atom. The molecule has 1 rings (SSSR count). The monoisotopic (exact) mass is 264 g/mol. The van der Waals surface area contributed by atoms with E-state index >= 15 is 0 Å². The average molecular weight is 264 g/mol. The highest BCUT2D eigenvalue weighted by molar-refractivity contribution is 5.97. The second kappa shape index (κ2) is 7.53. The molecule has 0 aromatic heterocycles. The van der Waals surface area contributed by atoms with E-state index in [0.29, 0.717) is 19.4 Å². The van der Waals surface area contributed by atoms with Crippen molar-refractivity contribution in [2.45, 2.75) is 32.2 Å². The predicted octanol–water partition coefficient (Wildman–Crippen LogP) is 1.62. The fourth-order valence-corrected chi connectivity index (χ4v) is 1.74. The van der Waals surface area contributed by atoms with Crippen LogP contribution in [0.1, 0.15) is 26.2 Å². The van der Waals surface area contributed by atoms with E-state index in [4.69, 9.17) is 10.8 Å². The molecule has 0 saturated heterocycles. The molecule has 0 aliphatic carbocycles. The van der Waals surface area contributed by atoms with Gasteiger partial charge in [0.05, 0.1) is 6.04 Å². The van der Waals surface area contributed by atoms with Crippen LogP contribution < -0.4 is 10.6 Å².